The van der Waals surface area contributed by atoms with Crippen LogP contribution in [0.3, 0.4) is 0 Å². The van der Waals surface area contributed by atoms with Gasteiger partial charge in [0.25, 0.3) is 0 Å². The molecule has 1 amide bonds. The first-order chi connectivity index (χ1) is 8.95. The van der Waals surface area contributed by atoms with Crippen molar-refractivity contribution in [3.05, 3.63) is 28.8 Å². The fraction of sp³-hybridized carbons (Fsp3) is 0.385. The molecule has 1 unspecified atom stereocenters. The molecule has 0 aromatic heterocycles. The maximum absolute atomic E-state index is 11.0. The molecule has 0 bridgehead atoms. The van der Waals surface area contributed by atoms with Crippen molar-refractivity contribution < 1.29 is 14.7 Å². The minimum absolute atomic E-state index is 0.246. The van der Waals surface area contributed by atoms with Crippen LogP contribution in [0.25, 0.3) is 0 Å². The summed E-state index contributed by atoms with van der Waals surface area (Å²) in [5.74, 6) is -1.86. The molecule has 0 fully saturated rings. The van der Waals surface area contributed by atoms with Crippen molar-refractivity contribution in [3.8, 4) is 0 Å². The van der Waals surface area contributed by atoms with Gasteiger partial charge in [-0.3, -0.25) is 9.59 Å². The standard InChI is InChI=1S/C13H17ClN2O3/c1-2-3-8(13(18)19)7-16-9-4-5-10(12(15)17)11(14)6-9/h4-6,8,16H,2-3,7H2,1H3,(H2,15,17)(H,18,19). The molecule has 0 aliphatic heterocycles. The largest absolute Gasteiger partial charge is 0.481 e. The summed E-state index contributed by atoms with van der Waals surface area (Å²) in [5, 5.41) is 12.3. The number of aliphatic carboxylic acids is 1. The first-order valence-electron chi connectivity index (χ1n) is 6.01. The van der Waals surface area contributed by atoms with Crippen LogP contribution >= 0.6 is 11.6 Å². The number of halogens is 1. The van der Waals surface area contributed by atoms with E-state index < -0.39 is 17.8 Å². The Balaban J connectivity index is 2.70. The number of rotatable bonds is 7. The van der Waals surface area contributed by atoms with Crippen LogP contribution < -0.4 is 11.1 Å². The lowest BCUT2D eigenvalue weighted by Crippen LogP contribution is -2.22. The average molecular weight is 285 g/mol. The number of hydrogen-bond acceptors (Lipinski definition) is 3. The van der Waals surface area contributed by atoms with Crippen LogP contribution in [0.4, 0.5) is 5.69 Å². The zero-order valence-electron chi connectivity index (χ0n) is 10.6. The minimum Gasteiger partial charge on any atom is -0.481 e. The summed E-state index contributed by atoms with van der Waals surface area (Å²) >= 11 is 5.91. The highest BCUT2D eigenvalue weighted by Gasteiger charge is 2.16. The van der Waals surface area contributed by atoms with Crippen molar-refractivity contribution >= 4 is 29.2 Å². The molecule has 0 spiro atoms. The van der Waals surface area contributed by atoms with Gasteiger partial charge in [0.1, 0.15) is 0 Å². The van der Waals surface area contributed by atoms with Crippen molar-refractivity contribution in [2.45, 2.75) is 19.8 Å². The first kappa shape index (κ1) is 15.3. The van der Waals surface area contributed by atoms with E-state index in [1.807, 2.05) is 6.92 Å². The molecule has 0 saturated carbocycles. The molecule has 0 aliphatic rings. The van der Waals surface area contributed by atoms with E-state index in [2.05, 4.69) is 5.32 Å². The van der Waals surface area contributed by atoms with Crippen LogP contribution in [-0.2, 0) is 4.79 Å². The van der Waals surface area contributed by atoms with Crippen molar-refractivity contribution in [2.75, 3.05) is 11.9 Å². The van der Waals surface area contributed by atoms with E-state index in [1.165, 1.54) is 6.07 Å². The lowest BCUT2D eigenvalue weighted by atomic mass is 10.0. The highest BCUT2D eigenvalue weighted by Crippen LogP contribution is 2.21. The topological polar surface area (TPSA) is 92.4 Å². The second-order valence-electron chi connectivity index (χ2n) is 4.26. The summed E-state index contributed by atoms with van der Waals surface area (Å²) < 4.78 is 0. The second kappa shape index (κ2) is 6.99. The van der Waals surface area contributed by atoms with Gasteiger partial charge in [-0.25, -0.2) is 0 Å². The Hall–Kier alpha value is -1.75. The maximum atomic E-state index is 11.0. The normalized spacial score (nSPS) is 11.9. The molecule has 5 nitrogen and oxygen atoms in total. The lowest BCUT2D eigenvalue weighted by molar-refractivity contribution is -0.141. The van der Waals surface area contributed by atoms with Gasteiger partial charge in [0.15, 0.2) is 0 Å². The molecule has 0 saturated heterocycles. The predicted octanol–water partition coefficient (Wildman–Crippen LogP) is 2.35. The Bertz CT molecular complexity index is 477. The molecule has 1 rings (SSSR count). The Labute approximate surface area is 116 Å². The zero-order valence-corrected chi connectivity index (χ0v) is 11.4. The summed E-state index contributed by atoms with van der Waals surface area (Å²) in [4.78, 5) is 22.0. The van der Waals surface area contributed by atoms with E-state index in [0.717, 1.165) is 6.42 Å². The molecule has 0 radical (unpaired) electrons. The highest BCUT2D eigenvalue weighted by molar-refractivity contribution is 6.34. The number of benzene rings is 1. The van der Waals surface area contributed by atoms with Gasteiger partial charge in [0, 0.05) is 12.2 Å². The van der Waals surface area contributed by atoms with Crippen LogP contribution in [0, 0.1) is 5.92 Å². The van der Waals surface area contributed by atoms with Crippen LogP contribution in [-0.4, -0.2) is 23.5 Å². The van der Waals surface area contributed by atoms with E-state index in [-0.39, 0.29) is 10.6 Å². The van der Waals surface area contributed by atoms with Gasteiger partial charge in [0.2, 0.25) is 5.91 Å². The predicted molar refractivity (Wildman–Crippen MR) is 74.5 cm³/mol. The van der Waals surface area contributed by atoms with Crippen LogP contribution in [0.1, 0.15) is 30.1 Å². The zero-order chi connectivity index (χ0) is 14.4. The monoisotopic (exact) mass is 284 g/mol. The van der Waals surface area contributed by atoms with Gasteiger partial charge in [-0.2, -0.15) is 0 Å². The fourth-order valence-corrected chi connectivity index (χ4v) is 2.00. The Morgan fingerprint density at radius 3 is 2.63 bits per heavy atom. The summed E-state index contributed by atoms with van der Waals surface area (Å²) in [6.45, 7) is 2.25. The number of carbonyl (C=O) groups excluding carboxylic acids is 1. The Morgan fingerprint density at radius 2 is 2.16 bits per heavy atom. The molecule has 1 aromatic rings. The van der Waals surface area contributed by atoms with Gasteiger partial charge < -0.3 is 16.2 Å². The number of amides is 1. The van der Waals surface area contributed by atoms with E-state index in [1.54, 1.807) is 12.1 Å². The summed E-state index contributed by atoms with van der Waals surface area (Å²) in [5.41, 5.74) is 6.05. The number of nitrogens with one attached hydrogen (secondary N) is 1. The van der Waals surface area contributed by atoms with Gasteiger partial charge >= 0.3 is 5.97 Å². The number of primary amides is 1. The number of carboxylic acids is 1. The molecule has 1 atom stereocenters. The van der Waals surface area contributed by atoms with Gasteiger partial charge in [-0.15, -0.1) is 0 Å². The quantitative estimate of drug-likeness (QED) is 0.716. The third-order valence-corrected chi connectivity index (χ3v) is 3.09. The van der Waals surface area contributed by atoms with Crippen LogP contribution in [0.2, 0.25) is 5.02 Å². The van der Waals surface area contributed by atoms with E-state index >= 15 is 0 Å². The third kappa shape index (κ3) is 4.44. The van der Waals surface area contributed by atoms with Crippen molar-refractivity contribution in [3.63, 3.8) is 0 Å². The average Bonchev–Trinajstić information content (AvgIpc) is 2.33. The van der Waals surface area contributed by atoms with Crippen LogP contribution in [0.5, 0.6) is 0 Å². The molecule has 19 heavy (non-hydrogen) atoms. The number of nitrogens with two attached hydrogens (primary N) is 1. The summed E-state index contributed by atoms with van der Waals surface area (Å²) in [6.07, 6.45) is 1.41. The number of carbonyl (C=O) groups is 2. The lowest BCUT2D eigenvalue weighted by Gasteiger charge is -2.14. The SMILES string of the molecule is CCCC(CNc1ccc(C(N)=O)c(Cl)c1)C(=O)O. The summed E-state index contributed by atoms with van der Waals surface area (Å²) in [7, 11) is 0. The van der Waals surface area contributed by atoms with Crippen molar-refractivity contribution in [1.29, 1.82) is 0 Å². The number of carboxylic acid groups (broad SMARTS) is 1. The van der Waals surface area contributed by atoms with Crippen molar-refractivity contribution in [2.24, 2.45) is 11.7 Å². The van der Waals surface area contributed by atoms with Gasteiger partial charge in [-0.1, -0.05) is 24.9 Å². The van der Waals surface area contributed by atoms with Gasteiger partial charge in [0.05, 0.1) is 16.5 Å². The van der Waals surface area contributed by atoms with Crippen molar-refractivity contribution in [1.82, 2.24) is 0 Å². The van der Waals surface area contributed by atoms with Gasteiger partial charge in [-0.05, 0) is 24.6 Å². The minimum atomic E-state index is -0.825. The summed E-state index contributed by atoms with van der Waals surface area (Å²) in [6, 6.07) is 4.73. The van der Waals surface area contributed by atoms with E-state index in [4.69, 9.17) is 22.4 Å². The molecule has 6 heteroatoms. The molecule has 0 aliphatic carbocycles. The molecule has 0 heterocycles. The highest BCUT2D eigenvalue weighted by atomic mass is 35.5. The van der Waals surface area contributed by atoms with E-state index in [0.29, 0.717) is 18.7 Å². The molecule has 4 N–H and O–H groups in total. The molecular formula is C13H17ClN2O3. The Kier molecular flexibility index (Phi) is 5.63. The smallest absolute Gasteiger partial charge is 0.308 e. The fourth-order valence-electron chi connectivity index (χ4n) is 1.73. The third-order valence-electron chi connectivity index (χ3n) is 2.77. The molecular weight excluding hydrogens is 268 g/mol. The number of anilines is 1. The van der Waals surface area contributed by atoms with E-state index in [9.17, 15) is 9.59 Å². The first-order valence-corrected chi connectivity index (χ1v) is 6.39. The number of hydrogen-bond donors (Lipinski definition) is 3. The maximum Gasteiger partial charge on any atom is 0.308 e. The molecule has 104 valence electrons. The van der Waals surface area contributed by atoms with Crippen LogP contribution in [0.15, 0.2) is 18.2 Å². The molecule has 1 aromatic carbocycles. The second-order valence-corrected chi connectivity index (χ2v) is 4.67. The Morgan fingerprint density at radius 1 is 1.47 bits per heavy atom.